The standard InChI is InChI=1S/C27H36ClN3S/c1-3-15-30-16-7-9-22-17-21(13-14-26(22)30)19-31(25-12-5-4-8-20(25)2)27(32)29-24-11-6-10-23(28)18-24/h6,10-11,13-14,17-18,20,25H,3-5,7-9,12,15-16,19H2,1-2H3,(H,29,32)/t20-,25+/m0/s1. The molecule has 2 atom stereocenters. The number of anilines is 2. The van der Waals surface area contributed by atoms with E-state index in [0.717, 1.165) is 28.9 Å². The highest BCUT2D eigenvalue weighted by Crippen LogP contribution is 2.32. The van der Waals surface area contributed by atoms with Crippen LogP contribution in [0.25, 0.3) is 0 Å². The topological polar surface area (TPSA) is 18.5 Å². The highest BCUT2D eigenvalue weighted by Gasteiger charge is 2.29. The number of fused-ring (bicyclic) bond motifs is 1. The summed E-state index contributed by atoms with van der Waals surface area (Å²) in [6.45, 7) is 7.82. The monoisotopic (exact) mass is 469 g/mol. The number of hydrogen-bond acceptors (Lipinski definition) is 2. The van der Waals surface area contributed by atoms with Crippen LogP contribution in [0.15, 0.2) is 42.5 Å². The summed E-state index contributed by atoms with van der Waals surface area (Å²) in [5.74, 6) is 0.639. The van der Waals surface area contributed by atoms with Gasteiger partial charge in [-0.15, -0.1) is 0 Å². The Labute approximate surface area is 204 Å². The average Bonchev–Trinajstić information content (AvgIpc) is 2.78. The Morgan fingerprint density at radius 1 is 1.16 bits per heavy atom. The fourth-order valence-corrected chi connectivity index (χ4v) is 5.89. The number of nitrogens with one attached hydrogen (secondary N) is 1. The third-order valence-electron chi connectivity index (χ3n) is 7.01. The average molecular weight is 470 g/mol. The highest BCUT2D eigenvalue weighted by atomic mass is 35.5. The van der Waals surface area contributed by atoms with Crippen LogP contribution in [-0.2, 0) is 13.0 Å². The van der Waals surface area contributed by atoms with Crippen molar-refractivity contribution in [3.8, 4) is 0 Å². The van der Waals surface area contributed by atoms with E-state index in [1.54, 1.807) is 0 Å². The molecule has 0 aromatic heterocycles. The molecule has 0 saturated heterocycles. The van der Waals surface area contributed by atoms with Crippen molar-refractivity contribution in [3.63, 3.8) is 0 Å². The summed E-state index contributed by atoms with van der Waals surface area (Å²) in [7, 11) is 0. The lowest BCUT2D eigenvalue weighted by Crippen LogP contribution is -2.46. The number of rotatable bonds is 6. The Bertz CT molecular complexity index is 931. The molecular weight excluding hydrogens is 434 g/mol. The summed E-state index contributed by atoms with van der Waals surface area (Å²) in [6, 6.07) is 15.4. The van der Waals surface area contributed by atoms with Gasteiger partial charge in [-0.1, -0.05) is 56.5 Å². The first-order valence-corrected chi connectivity index (χ1v) is 13.0. The van der Waals surface area contributed by atoms with Gasteiger partial charge in [-0.3, -0.25) is 0 Å². The minimum Gasteiger partial charge on any atom is -0.371 e. The molecule has 2 aliphatic rings. The van der Waals surface area contributed by atoms with Gasteiger partial charge in [0.25, 0.3) is 0 Å². The van der Waals surface area contributed by atoms with E-state index in [4.69, 9.17) is 23.8 Å². The van der Waals surface area contributed by atoms with Crippen molar-refractivity contribution >= 4 is 40.3 Å². The molecule has 1 N–H and O–H groups in total. The van der Waals surface area contributed by atoms with Crippen molar-refractivity contribution in [1.82, 2.24) is 4.90 Å². The van der Waals surface area contributed by atoms with Crippen LogP contribution in [0.5, 0.6) is 0 Å². The summed E-state index contributed by atoms with van der Waals surface area (Å²) < 4.78 is 0. The number of benzene rings is 2. The van der Waals surface area contributed by atoms with Gasteiger partial charge in [0.15, 0.2) is 5.11 Å². The van der Waals surface area contributed by atoms with Gasteiger partial charge in [0, 0.05) is 42.1 Å². The quantitative estimate of drug-likeness (QED) is 0.448. The summed E-state index contributed by atoms with van der Waals surface area (Å²) in [5.41, 5.74) is 5.23. The maximum Gasteiger partial charge on any atom is 0.173 e. The Balaban J connectivity index is 1.57. The Morgan fingerprint density at radius 3 is 2.78 bits per heavy atom. The molecule has 172 valence electrons. The summed E-state index contributed by atoms with van der Waals surface area (Å²) in [4.78, 5) is 4.99. The van der Waals surface area contributed by atoms with Gasteiger partial charge in [0.2, 0.25) is 0 Å². The van der Waals surface area contributed by atoms with Crippen LogP contribution in [0, 0.1) is 5.92 Å². The zero-order valence-electron chi connectivity index (χ0n) is 19.4. The predicted octanol–water partition coefficient (Wildman–Crippen LogP) is 7.28. The minimum atomic E-state index is 0.468. The number of thiocarbonyl (C=S) groups is 1. The van der Waals surface area contributed by atoms with E-state index in [1.165, 1.54) is 68.3 Å². The van der Waals surface area contributed by atoms with E-state index in [-0.39, 0.29) is 0 Å². The van der Waals surface area contributed by atoms with Crippen LogP contribution >= 0.6 is 23.8 Å². The molecule has 0 unspecified atom stereocenters. The van der Waals surface area contributed by atoms with Crippen LogP contribution in [0.3, 0.4) is 0 Å². The maximum atomic E-state index is 6.21. The molecule has 5 heteroatoms. The van der Waals surface area contributed by atoms with E-state index >= 15 is 0 Å². The van der Waals surface area contributed by atoms with Gasteiger partial charge >= 0.3 is 0 Å². The van der Waals surface area contributed by atoms with E-state index in [1.807, 2.05) is 24.3 Å². The Hall–Kier alpha value is -1.78. The van der Waals surface area contributed by atoms with Crippen LogP contribution in [-0.4, -0.2) is 29.1 Å². The highest BCUT2D eigenvalue weighted by molar-refractivity contribution is 7.80. The molecule has 0 radical (unpaired) electrons. The van der Waals surface area contributed by atoms with Crippen molar-refractivity contribution in [3.05, 3.63) is 58.6 Å². The van der Waals surface area contributed by atoms with Gasteiger partial charge in [-0.05, 0) is 85.6 Å². The molecule has 1 aliphatic carbocycles. The molecule has 2 aromatic rings. The van der Waals surface area contributed by atoms with E-state index in [9.17, 15) is 0 Å². The predicted molar refractivity (Wildman–Crippen MR) is 142 cm³/mol. The zero-order chi connectivity index (χ0) is 22.5. The summed E-state index contributed by atoms with van der Waals surface area (Å²) in [6.07, 6.45) is 8.69. The molecule has 1 saturated carbocycles. The molecule has 0 spiro atoms. The molecule has 1 fully saturated rings. The third kappa shape index (κ3) is 5.58. The van der Waals surface area contributed by atoms with Crippen LogP contribution < -0.4 is 10.2 Å². The first kappa shape index (κ1) is 23.4. The smallest absolute Gasteiger partial charge is 0.173 e. The van der Waals surface area contributed by atoms with E-state index in [2.05, 4.69) is 47.2 Å². The van der Waals surface area contributed by atoms with Crippen molar-refractivity contribution in [2.24, 2.45) is 5.92 Å². The lowest BCUT2D eigenvalue weighted by atomic mass is 9.84. The van der Waals surface area contributed by atoms with E-state index < -0.39 is 0 Å². The fraction of sp³-hybridized carbons (Fsp3) is 0.519. The Morgan fingerprint density at radius 2 is 2.00 bits per heavy atom. The molecule has 2 aromatic carbocycles. The molecule has 32 heavy (non-hydrogen) atoms. The fourth-order valence-electron chi connectivity index (χ4n) is 5.39. The molecule has 0 amide bonds. The van der Waals surface area contributed by atoms with Crippen LogP contribution in [0.1, 0.15) is 63.5 Å². The maximum absolute atomic E-state index is 6.21. The van der Waals surface area contributed by atoms with Crippen molar-refractivity contribution in [2.75, 3.05) is 23.3 Å². The SMILES string of the molecule is CCCN1CCCc2cc(CN(C(=S)Nc3cccc(Cl)c3)[C@@H]3CCCC[C@@H]3C)ccc21. The van der Waals surface area contributed by atoms with Crippen LogP contribution in [0.4, 0.5) is 11.4 Å². The number of aryl methyl sites for hydroxylation is 1. The van der Waals surface area contributed by atoms with Crippen molar-refractivity contribution in [2.45, 2.75) is 71.4 Å². The van der Waals surface area contributed by atoms with Gasteiger partial charge in [0.05, 0.1) is 0 Å². The number of halogens is 1. The Kier molecular flexibility index (Phi) is 7.96. The van der Waals surface area contributed by atoms with Crippen molar-refractivity contribution < 1.29 is 0 Å². The minimum absolute atomic E-state index is 0.468. The molecule has 1 heterocycles. The van der Waals surface area contributed by atoms with Crippen LogP contribution in [0.2, 0.25) is 5.02 Å². The first-order valence-electron chi connectivity index (χ1n) is 12.2. The number of nitrogens with zero attached hydrogens (tertiary/aromatic N) is 2. The second-order valence-electron chi connectivity index (χ2n) is 9.45. The van der Waals surface area contributed by atoms with Gasteiger partial charge in [-0.2, -0.15) is 0 Å². The molecule has 1 aliphatic heterocycles. The molecule has 4 rings (SSSR count). The largest absolute Gasteiger partial charge is 0.371 e. The molecular formula is C27H36ClN3S. The third-order valence-corrected chi connectivity index (χ3v) is 7.58. The number of hydrogen-bond donors (Lipinski definition) is 1. The lowest BCUT2D eigenvalue weighted by Gasteiger charge is -2.40. The van der Waals surface area contributed by atoms with Gasteiger partial charge in [-0.25, -0.2) is 0 Å². The normalized spacial score (nSPS) is 20.5. The summed E-state index contributed by atoms with van der Waals surface area (Å²) >= 11 is 12.2. The van der Waals surface area contributed by atoms with Gasteiger partial charge < -0.3 is 15.1 Å². The summed E-state index contributed by atoms with van der Waals surface area (Å²) in [5, 5.41) is 5.00. The van der Waals surface area contributed by atoms with Gasteiger partial charge in [0.1, 0.15) is 0 Å². The molecule has 3 nitrogen and oxygen atoms in total. The second-order valence-corrected chi connectivity index (χ2v) is 10.3. The van der Waals surface area contributed by atoms with Crippen molar-refractivity contribution in [1.29, 1.82) is 0 Å². The second kappa shape index (κ2) is 10.9. The zero-order valence-corrected chi connectivity index (χ0v) is 21.0. The van der Waals surface area contributed by atoms with E-state index in [0.29, 0.717) is 12.0 Å². The lowest BCUT2D eigenvalue weighted by molar-refractivity contribution is 0.177. The first-order chi connectivity index (χ1) is 15.5. The molecule has 0 bridgehead atoms.